The van der Waals surface area contributed by atoms with Gasteiger partial charge in [-0.25, -0.2) is 0 Å². The molecule has 0 aromatic carbocycles. The Morgan fingerprint density at radius 2 is 0.512 bits per heavy atom. The molecule has 0 fully saturated rings. The SMILES string of the molecule is CCCCCCCCCCCCOCCOCCOCCOCCOCCOCCOCCOCCOCCO.O. The van der Waals surface area contributed by atoms with Gasteiger partial charge >= 0.3 is 0 Å². The van der Waals surface area contributed by atoms with Crippen molar-refractivity contribution >= 4 is 0 Å². The lowest BCUT2D eigenvalue weighted by Crippen LogP contribution is -2.15. The van der Waals surface area contributed by atoms with E-state index >= 15 is 0 Å². The maximum atomic E-state index is 8.57. The third-order valence-corrected chi connectivity index (χ3v) is 5.85. The molecule has 0 amide bonds. The predicted octanol–water partition coefficient (Wildman–Crippen LogP) is 3.22. The topological polar surface area (TPSA) is 135 Å². The minimum absolute atomic E-state index is 0. The van der Waals surface area contributed by atoms with Gasteiger partial charge in [-0.05, 0) is 6.42 Å². The van der Waals surface area contributed by atoms with Gasteiger partial charge in [0, 0.05) is 6.61 Å². The van der Waals surface area contributed by atoms with Crippen LogP contribution in [0.1, 0.15) is 71.1 Å². The van der Waals surface area contributed by atoms with Gasteiger partial charge < -0.3 is 53.2 Å². The summed E-state index contributed by atoms with van der Waals surface area (Å²) in [7, 11) is 0. The van der Waals surface area contributed by atoms with Crippen LogP contribution in [-0.4, -0.2) is 136 Å². The van der Waals surface area contributed by atoms with Crippen molar-refractivity contribution in [3.63, 3.8) is 0 Å². The van der Waals surface area contributed by atoms with Crippen molar-refractivity contribution in [3.8, 4) is 0 Å². The fraction of sp³-hybridized carbons (Fsp3) is 1.00. The minimum atomic E-state index is 0. The van der Waals surface area contributed by atoms with Gasteiger partial charge in [0.15, 0.2) is 0 Å². The van der Waals surface area contributed by atoms with E-state index in [1.165, 1.54) is 57.8 Å². The highest BCUT2D eigenvalue weighted by Gasteiger charge is 1.96. The Morgan fingerprint density at radius 3 is 0.780 bits per heavy atom. The van der Waals surface area contributed by atoms with E-state index in [9.17, 15) is 0 Å². The van der Waals surface area contributed by atoms with Gasteiger partial charge in [-0.15, -0.1) is 0 Å². The van der Waals surface area contributed by atoms with Crippen molar-refractivity contribution in [1.29, 1.82) is 0 Å². The molecule has 41 heavy (non-hydrogen) atoms. The molecule has 0 spiro atoms. The second-order valence-corrected chi connectivity index (χ2v) is 9.42. The van der Waals surface area contributed by atoms with Crippen LogP contribution in [0.5, 0.6) is 0 Å². The summed E-state index contributed by atoms with van der Waals surface area (Å²) < 4.78 is 48.9. The quantitative estimate of drug-likeness (QED) is 0.106. The number of unbranched alkanes of at least 4 members (excludes halogenated alkanes) is 9. The standard InChI is InChI=1S/C30H62O10.H2O/c1-2-3-4-5-6-7-8-9-10-11-13-32-15-17-34-19-21-36-23-25-38-27-29-40-30-28-39-26-24-37-22-20-35-18-16-33-14-12-31;/h31H,2-30H2,1H3;1H2. The Hall–Kier alpha value is -0.440. The first-order valence-corrected chi connectivity index (χ1v) is 15.7. The van der Waals surface area contributed by atoms with Crippen LogP contribution >= 0.6 is 0 Å². The van der Waals surface area contributed by atoms with Crippen molar-refractivity contribution in [2.24, 2.45) is 0 Å². The lowest BCUT2D eigenvalue weighted by Gasteiger charge is -2.09. The molecular formula is C30H64O11. The Bertz CT molecular complexity index is 395. The molecule has 3 N–H and O–H groups in total. The van der Waals surface area contributed by atoms with Gasteiger partial charge in [0.25, 0.3) is 0 Å². The van der Waals surface area contributed by atoms with Crippen LogP contribution in [0.15, 0.2) is 0 Å². The van der Waals surface area contributed by atoms with Crippen LogP contribution in [-0.2, 0) is 42.6 Å². The minimum Gasteiger partial charge on any atom is -0.412 e. The van der Waals surface area contributed by atoms with Crippen LogP contribution in [0.4, 0.5) is 0 Å². The van der Waals surface area contributed by atoms with Crippen molar-refractivity contribution in [1.82, 2.24) is 0 Å². The maximum Gasteiger partial charge on any atom is 0.0701 e. The second kappa shape index (κ2) is 41.7. The van der Waals surface area contributed by atoms with Crippen LogP contribution in [0.25, 0.3) is 0 Å². The van der Waals surface area contributed by atoms with E-state index in [4.69, 9.17) is 47.7 Å². The largest absolute Gasteiger partial charge is 0.412 e. The molecule has 0 saturated heterocycles. The first-order chi connectivity index (χ1) is 19.9. The zero-order chi connectivity index (χ0) is 28.9. The molecule has 0 rings (SSSR count). The molecule has 0 aromatic heterocycles. The monoisotopic (exact) mass is 600 g/mol. The van der Waals surface area contributed by atoms with Crippen molar-refractivity contribution in [2.45, 2.75) is 71.1 Å². The summed E-state index contributed by atoms with van der Waals surface area (Å²) in [6.45, 7) is 12.1. The molecule has 0 aromatic rings. The lowest BCUT2D eigenvalue weighted by molar-refractivity contribution is -0.0255. The first-order valence-electron chi connectivity index (χ1n) is 15.7. The molecule has 0 aliphatic rings. The number of ether oxygens (including phenoxy) is 9. The van der Waals surface area contributed by atoms with Gasteiger partial charge in [0.1, 0.15) is 0 Å². The number of rotatable bonds is 37. The normalized spacial score (nSPS) is 11.3. The van der Waals surface area contributed by atoms with Crippen LogP contribution in [0.2, 0.25) is 0 Å². The first kappa shape index (κ1) is 42.7. The van der Waals surface area contributed by atoms with Gasteiger partial charge in [-0.1, -0.05) is 64.7 Å². The van der Waals surface area contributed by atoms with E-state index in [0.29, 0.717) is 112 Å². The highest BCUT2D eigenvalue weighted by Crippen LogP contribution is 2.10. The Kier molecular flexibility index (Phi) is 43.4. The van der Waals surface area contributed by atoms with E-state index in [0.717, 1.165) is 13.0 Å². The van der Waals surface area contributed by atoms with Crippen LogP contribution < -0.4 is 0 Å². The average molecular weight is 601 g/mol. The van der Waals surface area contributed by atoms with E-state index in [-0.39, 0.29) is 12.1 Å². The molecule has 0 radical (unpaired) electrons. The smallest absolute Gasteiger partial charge is 0.0701 e. The predicted molar refractivity (Wildman–Crippen MR) is 160 cm³/mol. The fourth-order valence-corrected chi connectivity index (χ4v) is 3.62. The maximum absolute atomic E-state index is 8.57. The summed E-state index contributed by atoms with van der Waals surface area (Å²) >= 11 is 0. The van der Waals surface area contributed by atoms with E-state index in [2.05, 4.69) is 6.92 Å². The number of hydrogen-bond donors (Lipinski definition) is 1. The van der Waals surface area contributed by atoms with Crippen LogP contribution in [0, 0.1) is 0 Å². The summed E-state index contributed by atoms with van der Waals surface area (Å²) in [4.78, 5) is 0. The molecular weight excluding hydrogens is 536 g/mol. The molecule has 11 heteroatoms. The molecule has 0 aliphatic carbocycles. The van der Waals surface area contributed by atoms with E-state index in [1.807, 2.05) is 0 Å². The molecule has 0 bridgehead atoms. The van der Waals surface area contributed by atoms with Gasteiger partial charge in [-0.2, -0.15) is 0 Å². The Labute approximate surface area is 250 Å². The van der Waals surface area contributed by atoms with Crippen molar-refractivity contribution in [2.75, 3.05) is 126 Å². The highest BCUT2D eigenvalue weighted by atomic mass is 16.6. The summed E-state index contributed by atoms with van der Waals surface area (Å²) in [5.41, 5.74) is 0. The molecule has 11 nitrogen and oxygen atoms in total. The third-order valence-electron chi connectivity index (χ3n) is 5.85. The van der Waals surface area contributed by atoms with E-state index in [1.54, 1.807) is 0 Å². The lowest BCUT2D eigenvalue weighted by atomic mass is 10.1. The highest BCUT2D eigenvalue weighted by molar-refractivity contribution is 4.47. The molecule has 0 atom stereocenters. The summed E-state index contributed by atoms with van der Waals surface area (Å²) in [6.07, 6.45) is 13.4. The van der Waals surface area contributed by atoms with Crippen LogP contribution in [0.3, 0.4) is 0 Å². The van der Waals surface area contributed by atoms with Gasteiger partial charge in [0.05, 0.1) is 119 Å². The zero-order valence-corrected chi connectivity index (χ0v) is 26.1. The number of hydrogen-bond acceptors (Lipinski definition) is 10. The van der Waals surface area contributed by atoms with Gasteiger partial charge in [0.2, 0.25) is 0 Å². The number of aliphatic hydroxyl groups excluding tert-OH is 1. The molecule has 0 aliphatic heterocycles. The Morgan fingerprint density at radius 1 is 0.293 bits per heavy atom. The molecule has 0 unspecified atom stereocenters. The summed E-state index contributed by atoms with van der Waals surface area (Å²) in [5.74, 6) is 0. The number of aliphatic hydroxyl groups is 1. The molecule has 250 valence electrons. The second-order valence-electron chi connectivity index (χ2n) is 9.42. The van der Waals surface area contributed by atoms with Crippen molar-refractivity contribution < 1.29 is 53.2 Å². The molecule has 0 saturated carbocycles. The van der Waals surface area contributed by atoms with Crippen molar-refractivity contribution in [3.05, 3.63) is 0 Å². The molecule has 0 heterocycles. The zero-order valence-electron chi connectivity index (χ0n) is 26.1. The summed E-state index contributed by atoms with van der Waals surface area (Å²) in [5, 5.41) is 8.57. The summed E-state index contributed by atoms with van der Waals surface area (Å²) in [6, 6.07) is 0. The van der Waals surface area contributed by atoms with Gasteiger partial charge in [-0.3, -0.25) is 0 Å². The van der Waals surface area contributed by atoms with E-state index < -0.39 is 0 Å². The fourth-order valence-electron chi connectivity index (χ4n) is 3.62. The third kappa shape index (κ3) is 41.8. The Balaban J connectivity index is 0. The average Bonchev–Trinajstić information content (AvgIpc) is 2.97.